The lowest BCUT2D eigenvalue weighted by Gasteiger charge is -2.06. The lowest BCUT2D eigenvalue weighted by molar-refractivity contribution is 0.0601. The van der Waals surface area contributed by atoms with Crippen LogP contribution in [-0.2, 0) is 4.74 Å². The number of hydrogen-bond donors (Lipinski definition) is 1. The number of esters is 1. The van der Waals surface area contributed by atoms with Gasteiger partial charge in [0.25, 0.3) is 5.95 Å². The van der Waals surface area contributed by atoms with Gasteiger partial charge in [0.05, 0.1) is 30.0 Å². The van der Waals surface area contributed by atoms with Crippen LogP contribution in [0.3, 0.4) is 0 Å². The van der Waals surface area contributed by atoms with Gasteiger partial charge in [-0.2, -0.15) is 9.78 Å². The lowest BCUT2D eigenvalue weighted by atomic mass is 10.1. The maximum Gasteiger partial charge on any atom is 0.337 e. The monoisotopic (exact) mass is 406 g/mol. The highest BCUT2D eigenvalue weighted by atomic mass is 19.1. The van der Waals surface area contributed by atoms with E-state index in [4.69, 9.17) is 4.74 Å². The second-order valence-corrected chi connectivity index (χ2v) is 6.95. The zero-order valence-corrected chi connectivity index (χ0v) is 16.6. The van der Waals surface area contributed by atoms with E-state index in [0.717, 1.165) is 5.56 Å². The second kappa shape index (κ2) is 7.64. The van der Waals surface area contributed by atoms with E-state index >= 15 is 0 Å². The molecule has 152 valence electrons. The van der Waals surface area contributed by atoms with Crippen molar-refractivity contribution < 1.29 is 19.0 Å². The van der Waals surface area contributed by atoms with Gasteiger partial charge >= 0.3 is 5.97 Å². The number of ether oxygens (including phenoxy) is 1. The van der Waals surface area contributed by atoms with Gasteiger partial charge in [-0.25, -0.2) is 19.2 Å². The molecule has 0 fully saturated rings. The normalized spacial score (nSPS) is 12.2. The summed E-state index contributed by atoms with van der Waals surface area (Å²) < 4.78 is 20.4. The van der Waals surface area contributed by atoms with E-state index in [2.05, 4.69) is 15.1 Å². The summed E-state index contributed by atoms with van der Waals surface area (Å²) in [6.07, 6.45) is 2.19. The van der Waals surface area contributed by atoms with Crippen LogP contribution in [0.2, 0.25) is 0 Å². The predicted molar refractivity (Wildman–Crippen MR) is 109 cm³/mol. The Labute approximate surface area is 171 Å². The van der Waals surface area contributed by atoms with E-state index < -0.39 is 12.1 Å². The van der Waals surface area contributed by atoms with Crippen LogP contribution in [0.15, 0.2) is 48.8 Å². The molecular weight excluding hydrogens is 387 g/mol. The van der Waals surface area contributed by atoms with Crippen LogP contribution in [-0.4, -0.2) is 37.9 Å². The van der Waals surface area contributed by atoms with Crippen LogP contribution in [0.25, 0.3) is 28.0 Å². The van der Waals surface area contributed by atoms with E-state index in [1.165, 1.54) is 30.3 Å². The summed E-state index contributed by atoms with van der Waals surface area (Å²) >= 11 is 0. The summed E-state index contributed by atoms with van der Waals surface area (Å²) in [5.41, 5.74) is 3.17. The molecule has 0 saturated carbocycles. The van der Waals surface area contributed by atoms with Crippen molar-refractivity contribution in [2.45, 2.75) is 20.0 Å². The van der Waals surface area contributed by atoms with Crippen molar-refractivity contribution in [3.8, 4) is 17.1 Å². The Bertz CT molecular complexity index is 1250. The van der Waals surface area contributed by atoms with Crippen molar-refractivity contribution in [2.75, 3.05) is 7.11 Å². The number of methoxy groups -OCH3 is 1. The molecule has 2 aromatic carbocycles. The predicted octanol–water partition coefficient (Wildman–Crippen LogP) is 3.77. The molecular formula is C22H19FN4O3. The Morgan fingerprint density at radius 3 is 2.57 bits per heavy atom. The minimum atomic E-state index is -0.835. The van der Waals surface area contributed by atoms with Crippen molar-refractivity contribution in [2.24, 2.45) is 0 Å². The largest absolute Gasteiger partial charge is 0.465 e. The Hall–Kier alpha value is -3.65. The van der Waals surface area contributed by atoms with Gasteiger partial charge in [-0.15, -0.1) is 0 Å². The van der Waals surface area contributed by atoms with E-state index in [-0.39, 0.29) is 11.8 Å². The fourth-order valence-corrected chi connectivity index (χ4v) is 3.27. The van der Waals surface area contributed by atoms with E-state index in [1.54, 1.807) is 37.3 Å². The smallest absolute Gasteiger partial charge is 0.337 e. The zero-order chi connectivity index (χ0) is 21.4. The highest BCUT2D eigenvalue weighted by Crippen LogP contribution is 2.28. The van der Waals surface area contributed by atoms with Crippen molar-refractivity contribution in [3.05, 3.63) is 71.4 Å². The van der Waals surface area contributed by atoms with Crippen molar-refractivity contribution in [3.63, 3.8) is 0 Å². The number of benzene rings is 2. The molecule has 30 heavy (non-hydrogen) atoms. The number of nitrogens with zero attached hydrogens (tertiary/aromatic N) is 4. The Morgan fingerprint density at radius 1 is 1.17 bits per heavy atom. The summed E-state index contributed by atoms with van der Waals surface area (Å²) in [6, 6.07) is 9.74. The third kappa shape index (κ3) is 3.42. The third-order valence-electron chi connectivity index (χ3n) is 4.79. The van der Waals surface area contributed by atoms with E-state index in [0.29, 0.717) is 33.3 Å². The van der Waals surface area contributed by atoms with Gasteiger partial charge in [0.1, 0.15) is 5.82 Å². The first-order valence-corrected chi connectivity index (χ1v) is 9.27. The average Bonchev–Trinajstić information content (AvgIpc) is 3.14. The van der Waals surface area contributed by atoms with Crippen LogP contribution >= 0.6 is 0 Å². The zero-order valence-electron chi connectivity index (χ0n) is 16.6. The molecule has 0 aliphatic carbocycles. The molecule has 0 saturated heterocycles. The van der Waals surface area contributed by atoms with Crippen molar-refractivity contribution >= 4 is 16.9 Å². The maximum atomic E-state index is 14.2. The van der Waals surface area contributed by atoms with Crippen LogP contribution in [0, 0.1) is 12.7 Å². The maximum absolute atomic E-state index is 14.2. The molecule has 0 amide bonds. The molecule has 0 radical (unpaired) electrons. The highest BCUT2D eigenvalue weighted by molar-refractivity contribution is 5.95. The number of carbonyl (C=O) groups is 1. The lowest BCUT2D eigenvalue weighted by Crippen LogP contribution is -2.05. The molecule has 4 aromatic rings. The molecule has 2 aromatic heterocycles. The molecule has 0 spiro atoms. The fourth-order valence-electron chi connectivity index (χ4n) is 3.27. The molecule has 7 nitrogen and oxygen atoms in total. The number of aryl methyl sites for hydroxylation is 1. The van der Waals surface area contributed by atoms with Crippen LogP contribution in [0.1, 0.15) is 34.6 Å². The van der Waals surface area contributed by atoms with Crippen LogP contribution < -0.4 is 0 Å². The van der Waals surface area contributed by atoms with E-state index in [1.807, 2.05) is 6.92 Å². The molecule has 8 heteroatoms. The summed E-state index contributed by atoms with van der Waals surface area (Å²) in [4.78, 5) is 20.6. The second-order valence-electron chi connectivity index (χ2n) is 6.95. The van der Waals surface area contributed by atoms with Gasteiger partial charge in [0.2, 0.25) is 0 Å². The van der Waals surface area contributed by atoms with Crippen LogP contribution in [0.5, 0.6) is 0 Å². The quantitative estimate of drug-likeness (QED) is 0.519. The Kier molecular flexibility index (Phi) is 5.01. The van der Waals surface area contributed by atoms with Gasteiger partial charge in [-0.3, -0.25) is 0 Å². The van der Waals surface area contributed by atoms with Crippen molar-refractivity contribution in [1.29, 1.82) is 0 Å². The van der Waals surface area contributed by atoms with Gasteiger partial charge in [-0.05, 0) is 44.2 Å². The molecule has 1 unspecified atom stereocenters. The molecule has 2 heterocycles. The number of fused-ring (bicyclic) bond motifs is 1. The minimum absolute atomic E-state index is 0.228. The highest BCUT2D eigenvalue weighted by Gasteiger charge is 2.19. The standard InChI is InChI=1S/C22H19FN4O3/c1-12-4-7-18(23)17(8-12)15-10-24-22(25-11-15)27-19-9-14(21(29)30-3)5-6-16(19)20(26-27)13(2)28/h4-11,13,28H,1-3H3. The van der Waals surface area contributed by atoms with Crippen LogP contribution in [0.4, 0.5) is 4.39 Å². The molecule has 4 rings (SSSR count). The number of carbonyl (C=O) groups excluding carboxylic acids is 1. The average molecular weight is 406 g/mol. The molecule has 0 aliphatic rings. The summed E-state index contributed by atoms with van der Waals surface area (Å²) in [7, 11) is 1.30. The number of aromatic nitrogens is 4. The molecule has 1 atom stereocenters. The molecule has 0 aliphatic heterocycles. The molecule has 0 bridgehead atoms. The first-order chi connectivity index (χ1) is 14.4. The minimum Gasteiger partial charge on any atom is -0.465 e. The summed E-state index contributed by atoms with van der Waals surface area (Å²) in [6.45, 7) is 3.48. The first kappa shape index (κ1) is 19.7. The Balaban J connectivity index is 1.84. The van der Waals surface area contributed by atoms with Gasteiger partial charge in [-0.1, -0.05) is 11.6 Å². The van der Waals surface area contributed by atoms with Crippen molar-refractivity contribution in [1.82, 2.24) is 19.7 Å². The number of hydrogen-bond acceptors (Lipinski definition) is 6. The summed E-state index contributed by atoms with van der Waals surface area (Å²) in [5, 5.41) is 15.2. The van der Waals surface area contributed by atoms with Gasteiger partial charge < -0.3 is 9.84 Å². The number of halogens is 1. The first-order valence-electron chi connectivity index (χ1n) is 9.27. The third-order valence-corrected chi connectivity index (χ3v) is 4.79. The number of rotatable bonds is 4. The topological polar surface area (TPSA) is 90.1 Å². The summed E-state index contributed by atoms with van der Waals surface area (Å²) in [5.74, 6) is -0.624. The Morgan fingerprint density at radius 2 is 1.90 bits per heavy atom. The SMILES string of the molecule is COC(=O)c1ccc2c(C(C)O)nn(-c3ncc(-c4cc(C)ccc4F)cn3)c2c1. The molecule has 1 N–H and O–H groups in total. The van der Waals surface area contributed by atoms with E-state index in [9.17, 15) is 14.3 Å². The fraction of sp³-hybridized carbons (Fsp3) is 0.182. The number of aliphatic hydroxyl groups excluding tert-OH is 1. The van der Waals surface area contributed by atoms with Gasteiger partial charge in [0, 0.05) is 28.9 Å². The van der Waals surface area contributed by atoms with Gasteiger partial charge in [0.15, 0.2) is 0 Å². The number of aliphatic hydroxyl groups is 1.